The van der Waals surface area contributed by atoms with Crippen molar-refractivity contribution in [2.75, 3.05) is 44.1 Å². The highest BCUT2D eigenvalue weighted by Crippen LogP contribution is 2.29. The summed E-state index contributed by atoms with van der Waals surface area (Å²) in [6, 6.07) is 109. The first-order valence-electron chi connectivity index (χ1n) is 36.3. The van der Waals surface area contributed by atoms with Gasteiger partial charge in [-0.25, -0.2) is 4.79 Å². The number of carbonyl (C=O) groups is 3. The van der Waals surface area contributed by atoms with Crippen LogP contribution >= 0.6 is 0 Å². The molecule has 112 heavy (non-hydrogen) atoms. The van der Waals surface area contributed by atoms with Gasteiger partial charge in [-0.2, -0.15) is 0 Å². The van der Waals surface area contributed by atoms with Crippen LogP contribution in [0.2, 0.25) is 0 Å². The number of phenolic OH excluding ortho intramolecular Hbond substituents is 3. The van der Waals surface area contributed by atoms with E-state index in [0.717, 1.165) is 34.5 Å². The Hall–Kier alpha value is -10.0. The second-order valence-electron chi connectivity index (χ2n) is 26.4. The number of fused-ring (bicyclic) bond motifs is 1. The normalized spacial score (nSPS) is 12.1. The minimum Gasteiger partial charge on any atom is -0.508 e. The minimum atomic E-state index is -0.641. The molecule has 0 aliphatic heterocycles. The molecule has 0 heterocycles. The number of aryl methyl sites for hydroxylation is 2. The molecule has 0 spiro atoms. The summed E-state index contributed by atoms with van der Waals surface area (Å²) in [7, 11) is 0.923. The van der Waals surface area contributed by atoms with Crippen LogP contribution in [-0.2, 0) is 114 Å². The summed E-state index contributed by atoms with van der Waals surface area (Å²) in [5, 5.41) is 39.1. The molecule has 0 aromatic heterocycles. The van der Waals surface area contributed by atoms with E-state index in [-0.39, 0.29) is 77.3 Å². The fourth-order valence-corrected chi connectivity index (χ4v) is 20.4. The Morgan fingerprint density at radius 1 is 0.277 bits per heavy atom. The fraction of sp³-hybridized carbons (Fsp3) is 0.177. The molecule has 13 rings (SSSR count). The van der Waals surface area contributed by atoms with E-state index in [4.69, 9.17) is 19.3 Å². The van der Waals surface area contributed by atoms with Crippen LogP contribution in [0.4, 0.5) is 0 Å². The molecule has 4 N–H and O–H groups in total. The first-order valence-corrected chi connectivity index (χ1v) is 47.2. The number of hydrogen-bond donors (Lipinski definition) is 4. The molecule has 0 radical (unpaired) electrons. The van der Waals surface area contributed by atoms with Gasteiger partial charge in [-0.1, -0.05) is 182 Å². The molecule has 0 aliphatic carbocycles. The SMILES string of the molecule is CC(=O)Oc1ccc([S+](C)Cc2ccccc2)cc1.CC(=O)Oc1ccc([S+](C)Cc2ccccc2C)cc1.C[S+](Cc1cccc2ccccc12)c1ccc(O)cc1.C[S+](Cc1ccccc1)c1ccc(O)cc1.C[S+](Cc1ccccc1)c1ccc(OC(=O)CO)cc1.Cc1ccccc1C[S+](C)c1ccc(O)cc1. The third-order valence-corrected chi connectivity index (χ3v) is 28.5. The van der Waals surface area contributed by atoms with Gasteiger partial charge in [0.15, 0.2) is 29.4 Å². The van der Waals surface area contributed by atoms with Crippen LogP contribution in [0.25, 0.3) is 10.8 Å². The van der Waals surface area contributed by atoms with Crippen LogP contribution in [0, 0.1) is 13.8 Å². The Labute approximate surface area is 680 Å². The lowest BCUT2D eigenvalue weighted by Crippen LogP contribution is -2.12. The quantitative estimate of drug-likeness (QED) is 0.0292. The van der Waals surface area contributed by atoms with Crippen molar-refractivity contribution >= 4 is 94.1 Å². The van der Waals surface area contributed by atoms with Crippen molar-refractivity contribution in [3.63, 3.8) is 0 Å². The highest BCUT2D eigenvalue weighted by atomic mass is 32.2. The van der Waals surface area contributed by atoms with E-state index < -0.39 is 12.6 Å². The van der Waals surface area contributed by atoms with Crippen LogP contribution < -0.4 is 14.2 Å². The third kappa shape index (κ3) is 30.6. The van der Waals surface area contributed by atoms with Crippen molar-refractivity contribution < 1.29 is 49.0 Å². The summed E-state index contributed by atoms with van der Waals surface area (Å²) in [6.07, 6.45) is 13.4. The molecule has 0 aliphatic rings. The number of carbonyl (C=O) groups excluding carboxylic acids is 3. The van der Waals surface area contributed by atoms with Crippen molar-refractivity contribution in [2.24, 2.45) is 0 Å². The van der Waals surface area contributed by atoms with Gasteiger partial charge >= 0.3 is 17.9 Å². The maximum absolute atomic E-state index is 11.0. The van der Waals surface area contributed by atoms with Gasteiger partial charge in [0.1, 0.15) is 113 Å². The molecule has 0 saturated carbocycles. The van der Waals surface area contributed by atoms with Crippen molar-refractivity contribution in [1.29, 1.82) is 0 Å². The number of aliphatic hydroxyl groups is 1. The lowest BCUT2D eigenvalue weighted by Gasteiger charge is -2.07. The number of ether oxygens (including phenoxy) is 3. The standard InChI is InChI=1S/C18H16OS.C17H19O2S.C16H17O3S.C16H17O2S.C15H16OS.C14H14OS/c1-20(17-11-9-16(19)10-12-17)13-15-7-4-6-14-5-2-3-8-18(14)15;1-13-6-4-5-7-15(13)12-20(3)17-10-8-16(9-11-17)19-14(2)18;1-20(12-13-5-3-2-4-6-13)15-9-7-14(8-10-15)19-16(18)11-17;1-13(17)18-15-8-10-16(11-9-15)19(2)12-14-6-4-3-5-7-14;1-12-5-3-4-6-13(12)11-17(2)15-9-7-14(16)8-10-15;1-16(11-12-5-3-2-4-6-12)14-9-7-13(15)8-10-14/h2-12H,13H2,1H3;4-11H,12H2,1-3H3;2-10,17H,11-12H2,1H3;3-11H,12H2,1-2H3;3-10H,11H2,1-2H3;2-10H,11H2,1H3/q;3*+1;;/p+3. The van der Waals surface area contributed by atoms with E-state index >= 15 is 0 Å². The summed E-state index contributed by atoms with van der Waals surface area (Å²) in [4.78, 5) is 40.4. The zero-order chi connectivity index (χ0) is 80.2. The summed E-state index contributed by atoms with van der Waals surface area (Å²) in [6.45, 7) is 6.53. The summed E-state index contributed by atoms with van der Waals surface area (Å²) in [5.41, 5.74) is 10.9. The average Bonchev–Trinajstić information content (AvgIpc) is 0.796. The highest BCUT2D eigenvalue weighted by Gasteiger charge is 2.23. The largest absolute Gasteiger partial charge is 0.508 e. The summed E-state index contributed by atoms with van der Waals surface area (Å²) in [5.74, 6) is 7.70. The number of phenols is 3. The maximum Gasteiger partial charge on any atom is 0.337 e. The van der Waals surface area contributed by atoms with Gasteiger partial charge < -0.3 is 34.6 Å². The molecule has 576 valence electrons. The second kappa shape index (κ2) is 46.7. The molecule has 13 aromatic rings. The van der Waals surface area contributed by atoms with Crippen LogP contribution in [0.1, 0.15) is 58.4 Å². The van der Waals surface area contributed by atoms with Gasteiger partial charge in [-0.15, -0.1) is 0 Å². The number of rotatable bonds is 22. The lowest BCUT2D eigenvalue weighted by atomic mass is 10.1. The Morgan fingerprint density at radius 3 is 0.839 bits per heavy atom. The molecule has 6 unspecified atom stereocenters. The number of esters is 3. The maximum atomic E-state index is 11.0. The Kier molecular flexibility index (Phi) is 36.5. The minimum absolute atomic E-state index is 0.103. The number of aromatic hydroxyl groups is 3. The van der Waals surface area contributed by atoms with Crippen LogP contribution in [0.15, 0.2) is 357 Å². The van der Waals surface area contributed by atoms with E-state index in [2.05, 4.69) is 203 Å². The van der Waals surface area contributed by atoms with Gasteiger partial charge in [-0.3, -0.25) is 9.59 Å². The predicted molar refractivity (Wildman–Crippen MR) is 476 cm³/mol. The van der Waals surface area contributed by atoms with Crippen molar-refractivity contribution in [3.05, 3.63) is 372 Å². The molecule has 16 heteroatoms. The molecule has 6 atom stereocenters. The Morgan fingerprint density at radius 2 is 0.527 bits per heavy atom. The molecule has 13 aromatic carbocycles. The summed E-state index contributed by atoms with van der Waals surface area (Å²) < 4.78 is 15.0. The molecular formula is C96H102O10S6+6. The van der Waals surface area contributed by atoms with Gasteiger partial charge in [0.05, 0.1) is 0 Å². The smallest absolute Gasteiger partial charge is 0.337 e. The van der Waals surface area contributed by atoms with E-state index in [1.54, 1.807) is 48.5 Å². The van der Waals surface area contributed by atoms with E-state index in [1.165, 1.54) is 98.5 Å². The molecule has 0 bridgehead atoms. The number of aliphatic hydroxyl groups excluding tert-OH is 1. The zero-order valence-electron chi connectivity index (χ0n) is 65.3. The number of benzene rings is 13. The van der Waals surface area contributed by atoms with Gasteiger partial charge in [0, 0.05) is 113 Å². The fourth-order valence-electron chi connectivity index (χ4n) is 11.4. The van der Waals surface area contributed by atoms with Gasteiger partial charge in [0.2, 0.25) is 0 Å². The van der Waals surface area contributed by atoms with E-state index in [9.17, 15) is 29.7 Å². The molecule has 0 fully saturated rings. The van der Waals surface area contributed by atoms with Crippen LogP contribution in [-0.4, -0.2) is 82.5 Å². The van der Waals surface area contributed by atoms with E-state index in [0.29, 0.717) is 34.5 Å². The van der Waals surface area contributed by atoms with Gasteiger partial charge in [-0.05, 0) is 181 Å². The van der Waals surface area contributed by atoms with Crippen LogP contribution in [0.5, 0.6) is 34.5 Å². The zero-order valence-corrected chi connectivity index (χ0v) is 70.2. The molecular weight excluding hydrogens is 1510 g/mol. The van der Waals surface area contributed by atoms with E-state index in [1.807, 2.05) is 127 Å². The van der Waals surface area contributed by atoms with Crippen molar-refractivity contribution in [1.82, 2.24) is 0 Å². The Balaban J connectivity index is 0.000000169. The molecule has 10 nitrogen and oxygen atoms in total. The van der Waals surface area contributed by atoms with Crippen molar-refractivity contribution in [3.8, 4) is 34.5 Å². The first-order chi connectivity index (χ1) is 54.0. The molecule has 0 saturated heterocycles. The predicted octanol–water partition coefficient (Wildman–Crippen LogP) is 20.6. The lowest BCUT2D eigenvalue weighted by molar-refractivity contribution is -0.137. The topological polar surface area (TPSA) is 160 Å². The first kappa shape index (κ1) is 87.6. The summed E-state index contributed by atoms with van der Waals surface area (Å²) >= 11 is 0. The second-order valence-corrected chi connectivity index (χ2v) is 38.6. The van der Waals surface area contributed by atoms with Gasteiger partial charge in [0.25, 0.3) is 0 Å². The third-order valence-electron chi connectivity index (χ3n) is 17.5. The van der Waals surface area contributed by atoms with Crippen LogP contribution in [0.3, 0.4) is 0 Å². The number of hydrogen-bond acceptors (Lipinski definition) is 10. The monoisotopic (exact) mass is 1610 g/mol. The Bertz CT molecular complexity index is 4940. The molecule has 0 amide bonds. The highest BCUT2D eigenvalue weighted by molar-refractivity contribution is 7.96. The average molecular weight is 1610 g/mol. The van der Waals surface area contributed by atoms with Crippen molar-refractivity contribution in [2.45, 2.75) is 91.6 Å².